The summed E-state index contributed by atoms with van der Waals surface area (Å²) in [5, 5.41) is 20.6. The van der Waals surface area contributed by atoms with Gasteiger partial charge in [0.15, 0.2) is 0 Å². The molecule has 3 atom stereocenters. The van der Waals surface area contributed by atoms with Crippen LogP contribution in [0.5, 0.6) is 0 Å². The van der Waals surface area contributed by atoms with Gasteiger partial charge >= 0.3 is 6.09 Å². The van der Waals surface area contributed by atoms with Crippen molar-refractivity contribution in [3.8, 4) is 0 Å². The monoisotopic (exact) mass is 313 g/mol. The first-order chi connectivity index (χ1) is 10.2. The maximum atomic E-state index is 12.2. The quantitative estimate of drug-likeness (QED) is 0.822. The summed E-state index contributed by atoms with van der Waals surface area (Å²) in [4.78, 5) is 13.9. The fourth-order valence-electron chi connectivity index (χ4n) is 4.15. The summed E-state index contributed by atoms with van der Waals surface area (Å²) in [5.74, 6) is -0.0571. The van der Waals surface area contributed by atoms with Crippen LogP contribution in [-0.2, 0) is 4.74 Å². The standard InChI is InChI=1S/C17H31NO4/c1-5-12(19)14-13(20)6-7-17(14)8-10-18(11-9-17)15(21)22-16(2,3)4/h12-14,19-20H,5-11H2,1-4H3. The third kappa shape index (κ3) is 3.57. The van der Waals surface area contributed by atoms with E-state index in [9.17, 15) is 15.0 Å². The first-order valence-corrected chi connectivity index (χ1v) is 8.52. The van der Waals surface area contributed by atoms with Crippen LogP contribution in [0, 0.1) is 11.3 Å². The zero-order chi connectivity index (χ0) is 16.5. The van der Waals surface area contributed by atoms with Crippen molar-refractivity contribution in [1.29, 1.82) is 0 Å². The summed E-state index contributed by atoms with van der Waals surface area (Å²) in [6, 6.07) is 0. The molecule has 2 rings (SSSR count). The van der Waals surface area contributed by atoms with Crippen LogP contribution in [0.4, 0.5) is 4.79 Å². The fourth-order valence-corrected chi connectivity index (χ4v) is 4.15. The van der Waals surface area contributed by atoms with E-state index in [-0.39, 0.29) is 17.4 Å². The van der Waals surface area contributed by atoms with E-state index >= 15 is 0 Å². The largest absolute Gasteiger partial charge is 0.444 e. The molecule has 2 fully saturated rings. The van der Waals surface area contributed by atoms with E-state index < -0.39 is 17.8 Å². The lowest BCUT2D eigenvalue weighted by Crippen LogP contribution is -2.49. The predicted molar refractivity (Wildman–Crippen MR) is 84.5 cm³/mol. The first-order valence-electron chi connectivity index (χ1n) is 8.52. The van der Waals surface area contributed by atoms with E-state index in [4.69, 9.17) is 4.74 Å². The van der Waals surface area contributed by atoms with Gasteiger partial charge in [-0.25, -0.2) is 4.79 Å². The Hall–Kier alpha value is -0.810. The van der Waals surface area contributed by atoms with E-state index in [2.05, 4.69) is 0 Å². The number of hydrogen-bond acceptors (Lipinski definition) is 4. The molecule has 1 saturated heterocycles. The second kappa shape index (κ2) is 6.36. The number of aliphatic hydroxyl groups is 2. The Bertz CT molecular complexity index is 396. The molecule has 2 N–H and O–H groups in total. The molecule has 5 nitrogen and oxygen atoms in total. The maximum Gasteiger partial charge on any atom is 0.410 e. The Balaban J connectivity index is 2.00. The Morgan fingerprint density at radius 1 is 1.32 bits per heavy atom. The van der Waals surface area contributed by atoms with Crippen LogP contribution in [0.1, 0.15) is 59.8 Å². The van der Waals surface area contributed by atoms with Crippen LogP contribution >= 0.6 is 0 Å². The van der Waals surface area contributed by atoms with E-state index in [0.29, 0.717) is 19.5 Å². The van der Waals surface area contributed by atoms with Crippen LogP contribution in [0.25, 0.3) is 0 Å². The summed E-state index contributed by atoms with van der Waals surface area (Å²) in [5.41, 5.74) is -0.496. The van der Waals surface area contributed by atoms with Gasteiger partial charge in [0.25, 0.3) is 0 Å². The molecular weight excluding hydrogens is 282 g/mol. The van der Waals surface area contributed by atoms with E-state index in [1.807, 2.05) is 27.7 Å². The minimum atomic E-state index is -0.475. The van der Waals surface area contributed by atoms with Gasteiger partial charge in [-0.1, -0.05) is 6.92 Å². The summed E-state index contributed by atoms with van der Waals surface area (Å²) in [6.07, 6.45) is 2.92. The van der Waals surface area contributed by atoms with Gasteiger partial charge in [-0.3, -0.25) is 0 Å². The number of piperidine rings is 1. The zero-order valence-electron chi connectivity index (χ0n) is 14.3. The smallest absolute Gasteiger partial charge is 0.410 e. The average Bonchev–Trinajstić information content (AvgIpc) is 2.74. The van der Waals surface area contributed by atoms with Crippen LogP contribution < -0.4 is 0 Å². The molecule has 0 aromatic carbocycles. The summed E-state index contributed by atoms with van der Waals surface area (Å²) < 4.78 is 5.43. The number of carbonyl (C=O) groups is 1. The topological polar surface area (TPSA) is 70.0 Å². The van der Waals surface area contributed by atoms with Crippen LogP contribution in [0.15, 0.2) is 0 Å². The number of amides is 1. The number of ether oxygens (including phenoxy) is 1. The van der Waals surface area contributed by atoms with Gasteiger partial charge in [-0.15, -0.1) is 0 Å². The van der Waals surface area contributed by atoms with Gasteiger partial charge in [0.2, 0.25) is 0 Å². The molecule has 0 bridgehead atoms. The third-order valence-electron chi connectivity index (χ3n) is 5.30. The van der Waals surface area contributed by atoms with Crippen molar-refractivity contribution in [3.63, 3.8) is 0 Å². The normalized spacial score (nSPS) is 29.6. The highest BCUT2D eigenvalue weighted by atomic mass is 16.6. The minimum absolute atomic E-state index is 0.0205. The minimum Gasteiger partial charge on any atom is -0.444 e. The van der Waals surface area contributed by atoms with Crippen molar-refractivity contribution < 1.29 is 19.7 Å². The van der Waals surface area contributed by atoms with Gasteiger partial charge < -0.3 is 19.8 Å². The average molecular weight is 313 g/mol. The second-order valence-electron chi connectivity index (χ2n) is 7.94. The Morgan fingerprint density at radius 2 is 1.91 bits per heavy atom. The molecule has 0 aromatic heterocycles. The van der Waals surface area contributed by atoms with E-state index in [1.165, 1.54) is 0 Å². The molecule has 1 saturated carbocycles. The molecule has 3 unspecified atom stereocenters. The maximum absolute atomic E-state index is 12.2. The van der Waals surface area contributed by atoms with Crippen LogP contribution in [0.2, 0.25) is 0 Å². The summed E-state index contributed by atoms with van der Waals surface area (Å²) in [7, 11) is 0. The van der Waals surface area contributed by atoms with Crippen molar-refractivity contribution in [2.24, 2.45) is 11.3 Å². The molecule has 1 aliphatic carbocycles. The van der Waals surface area contributed by atoms with Gasteiger partial charge in [-0.2, -0.15) is 0 Å². The lowest BCUT2D eigenvalue weighted by molar-refractivity contribution is -0.0515. The Labute approximate surface area is 133 Å². The molecule has 2 aliphatic rings. The molecule has 1 heterocycles. The number of rotatable bonds is 2. The van der Waals surface area contributed by atoms with Crippen molar-refractivity contribution in [2.75, 3.05) is 13.1 Å². The number of hydrogen-bond donors (Lipinski definition) is 2. The zero-order valence-corrected chi connectivity index (χ0v) is 14.3. The highest BCUT2D eigenvalue weighted by molar-refractivity contribution is 5.68. The second-order valence-corrected chi connectivity index (χ2v) is 7.94. The van der Waals surface area contributed by atoms with Crippen molar-refractivity contribution in [2.45, 2.75) is 77.6 Å². The highest BCUT2D eigenvalue weighted by Gasteiger charge is 2.52. The van der Waals surface area contributed by atoms with E-state index in [1.54, 1.807) is 4.90 Å². The molecule has 5 heteroatoms. The molecule has 128 valence electrons. The van der Waals surface area contributed by atoms with Gasteiger partial charge in [0.1, 0.15) is 5.60 Å². The van der Waals surface area contributed by atoms with Gasteiger partial charge in [0.05, 0.1) is 12.2 Å². The Morgan fingerprint density at radius 3 is 2.41 bits per heavy atom. The first kappa shape index (κ1) is 17.5. The molecule has 0 radical (unpaired) electrons. The SMILES string of the molecule is CCC(O)C1C(O)CCC12CCN(C(=O)OC(C)(C)C)CC2. The third-order valence-corrected chi connectivity index (χ3v) is 5.30. The molecule has 22 heavy (non-hydrogen) atoms. The fraction of sp³-hybridized carbons (Fsp3) is 0.941. The van der Waals surface area contributed by atoms with E-state index in [0.717, 1.165) is 25.7 Å². The predicted octanol–water partition coefficient (Wildman–Crippen LogP) is 2.55. The summed E-state index contributed by atoms with van der Waals surface area (Å²) >= 11 is 0. The molecular formula is C17H31NO4. The molecule has 1 spiro atoms. The van der Waals surface area contributed by atoms with Gasteiger partial charge in [-0.05, 0) is 58.3 Å². The van der Waals surface area contributed by atoms with Gasteiger partial charge in [0, 0.05) is 19.0 Å². The van der Waals surface area contributed by atoms with Crippen LogP contribution in [0.3, 0.4) is 0 Å². The van der Waals surface area contributed by atoms with Crippen molar-refractivity contribution >= 4 is 6.09 Å². The lowest BCUT2D eigenvalue weighted by atomic mass is 9.68. The lowest BCUT2D eigenvalue weighted by Gasteiger charge is -2.45. The molecule has 0 aromatic rings. The number of aliphatic hydroxyl groups excluding tert-OH is 2. The molecule has 1 amide bonds. The summed E-state index contributed by atoms with van der Waals surface area (Å²) in [6.45, 7) is 8.87. The highest BCUT2D eigenvalue weighted by Crippen LogP contribution is 2.52. The van der Waals surface area contributed by atoms with Crippen LogP contribution in [-0.4, -0.2) is 52.1 Å². The Kier molecular flexibility index (Phi) is 5.07. The number of likely N-dealkylation sites (tertiary alicyclic amines) is 1. The van der Waals surface area contributed by atoms with Crippen molar-refractivity contribution in [1.82, 2.24) is 4.90 Å². The number of carbonyl (C=O) groups excluding carboxylic acids is 1. The number of nitrogens with zero attached hydrogens (tertiary/aromatic N) is 1. The molecule has 1 aliphatic heterocycles. The van der Waals surface area contributed by atoms with Crippen molar-refractivity contribution in [3.05, 3.63) is 0 Å².